The quantitative estimate of drug-likeness (QED) is 0.856. The second-order valence-electron chi connectivity index (χ2n) is 6.65. The minimum atomic E-state index is 0.575. The third-order valence-corrected chi connectivity index (χ3v) is 6.05. The molecule has 3 atom stereocenters. The van der Waals surface area contributed by atoms with Gasteiger partial charge in [0.2, 0.25) is 0 Å². The molecule has 1 aromatic rings. The number of hydrogen-bond acceptors (Lipinski definition) is 2. The monoisotopic (exact) mass is 289 g/mol. The predicted octanol–water partition coefficient (Wildman–Crippen LogP) is 4.78. The summed E-state index contributed by atoms with van der Waals surface area (Å²) in [6.45, 7) is 3.62. The molecule has 20 heavy (non-hydrogen) atoms. The lowest BCUT2D eigenvalue weighted by Gasteiger charge is -2.29. The maximum Gasteiger partial charge on any atom is 0.0415 e. The van der Waals surface area contributed by atoms with E-state index < -0.39 is 0 Å². The van der Waals surface area contributed by atoms with Gasteiger partial charge in [0.25, 0.3) is 0 Å². The zero-order chi connectivity index (χ0) is 13.8. The van der Waals surface area contributed by atoms with Crippen molar-refractivity contribution in [2.45, 2.75) is 50.8 Å². The Balaban J connectivity index is 1.49. The standard InChI is InChI=1S/C18H27NS/c1-14-5-4-6-15(11-14)9-10-19-18-13-20-12-16-7-2-3-8-17(16)18/h2-3,7-8,14-15,18-19H,4-6,9-13H2,1H3. The highest BCUT2D eigenvalue weighted by molar-refractivity contribution is 7.98. The van der Waals surface area contributed by atoms with E-state index in [1.54, 1.807) is 5.56 Å². The average Bonchev–Trinajstić information content (AvgIpc) is 2.48. The van der Waals surface area contributed by atoms with Gasteiger partial charge in [0.05, 0.1) is 0 Å². The van der Waals surface area contributed by atoms with Crippen molar-refractivity contribution in [2.75, 3.05) is 12.3 Å². The summed E-state index contributed by atoms with van der Waals surface area (Å²) < 4.78 is 0. The summed E-state index contributed by atoms with van der Waals surface area (Å²) in [6.07, 6.45) is 7.19. The Morgan fingerprint density at radius 2 is 2.15 bits per heavy atom. The van der Waals surface area contributed by atoms with E-state index in [1.807, 2.05) is 0 Å². The number of benzene rings is 1. The van der Waals surface area contributed by atoms with Gasteiger partial charge in [-0.3, -0.25) is 0 Å². The number of hydrogen-bond donors (Lipinski definition) is 1. The summed E-state index contributed by atoms with van der Waals surface area (Å²) in [6, 6.07) is 9.54. The van der Waals surface area contributed by atoms with Gasteiger partial charge < -0.3 is 5.32 Å². The summed E-state index contributed by atoms with van der Waals surface area (Å²) in [4.78, 5) is 0. The van der Waals surface area contributed by atoms with Gasteiger partial charge in [0.1, 0.15) is 0 Å². The summed E-state index contributed by atoms with van der Waals surface area (Å²) in [5, 5.41) is 3.82. The molecule has 3 unspecified atom stereocenters. The SMILES string of the molecule is CC1CCCC(CCNC2CSCc3ccccc32)C1. The first-order valence-corrected chi connectivity index (χ1v) is 9.37. The number of nitrogens with one attached hydrogen (secondary N) is 1. The van der Waals surface area contributed by atoms with Crippen molar-refractivity contribution < 1.29 is 0 Å². The molecule has 0 spiro atoms. The molecule has 0 amide bonds. The van der Waals surface area contributed by atoms with Crippen LogP contribution in [0.1, 0.15) is 56.2 Å². The molecule has 3 rings (SSSR count). The lowest BCUT2D eigenvalue weighted by molar-refractivity contribution is 0.265. The normalized spacial score (nSPS) is 29.9. The van der Waals surface area contributed by atoms with E-state index in [1.165, 1.54) is 55.7 Å². The minimum absolute atomic E-state index is 0.575. The van der Waals surface area contributed by atoms with E-state index in [0.717, 1.165) is 11.8 Å². The first kappa shape index (κ1) is 14.5. The molecule has 1 N–H and O–H groups in total. The van der Waals surface area contributed by atoms with Crippen LogP contribution in [0.4, 0.5) is 0 Å². The molecule has 2 heteroatoms. The Bertz CT molecular complexity index is 431. The molecule has 2 aliphatic rings. The van der Waals surface area contributed by atoms with Crippen molar-refractivity contribution in [1.82, 2.24) is 5.32 Å². The Hall–Kier alpha value is -0.470. The number of rotatable bonds is 4. The van der Waals surface area contributed by atoms with Crippen LogP contribution in [0.15, 0.2) is 24.3 Å². The van der Waals surface area contributed by atoms with Crippen LogP contribution in [0, 0.1) is 11.8 Å². The molecule has 110 valence electrons. The van der Waals surface area contributed by atoms with Crippen molar-refractivity contribution in [1.29, 1.82) is 0 Å². The third kappa shape index (κ3) is 3.59. The molecular formula is C18H27NS. The van der Waals surface area contributed by atoms with Crippen LogP contribution in [-0.2, 0) is 5.75 Å². The largest absolute Gasteiger partial charge is 0.309 e. The van der Waals surface area contributed by atoms with Crippen LogP contribution in [-0.4, -0.2) is 12.3 Å². The summed E-state index contributed by atoms with van der Waals surface area (Å²) >= 11 is 2.07. The molecule has 1 fully saturated rings. The van der Waals surface area contributed by atoms with Gasteiger partial charge in [0, 0.05) is 17.5 Å². The highest BCUT2D eigenvalue weighted by Gasteiger charge is 2.21. The molecule has 1 saturated carbocycles. The molecule has 0 aromatic heterocycles. The maximum atomic E-state index is 3.82. The van der Waals surface area contributed by atoms with Gasteiger partial charge in [-0.1, -0.05) is 50.5 Å². The van der Waals surface area contributed by atoms with Gasteiger partial charge in [-0.15, -0.1) is 0 Å². The molecule has 1 aliphatic carbocycles. The number of fused-ring (bicyclic) bond motifs is 1. The van der Waals surface area contributed by atoms with Crippen molar-refractivity contribution in [2.24, 2.45) is 11.8 Å². The topological polar surface area (TPSA) is 12.0 Å². The molecule has 1 nitrogen and oxygen atoms in total. The van der Waals surface area contributed by atoms with Crippen LogP contribution >= 0.6 is 11.8 Å². The Labute approximate surface area is 127 Å². The number of thioether (sulfide) groups is 1. The van der Waals surface area contributed by atoms with E-state index in [0.29, 0.717) is 6.04 Å². The predicted molar refractivity (Wildman–Crippen MR) is 89.1 cm³/mol. The van der Waals surface area contributed by atoms with Gasteiger partial charge in [-0.05, 0) is 42.3 Å². The van der Waals surface area contributed by atoms with Crippen molar-refractivity contribution in [3.63, 3.8) is 0 Å². The lowest BCUT2D eigenvalue weighted by Crippen LogP contribution is -2.29. The van der Waals surface area contributed by atoms with Gasteiger partial charge in [0.15, 0.2) is 0 Å². The fraction of sp³-hybridized carbons (Fsp3) is 0.667. The third-order valence-electron chi connectivity index (χ3n) is 4.96. The fourth-order valence-electron chi connectivity index (χ4n) is 3.83. The van der Waals surface area contributed by atoms with E-state index >= 15 is 0 Å². The first-order valence-electron chi connectivity index (χ1n) is 8.22. The minimum Gasteiger partial charge on any atom is -0.309 e. The summed E-state index contributed by atoms with van der Waals surface area (Å²) in [5.74, 6) is 4.35. The molecule has 0 radical (unpaired) electrons. The van der Waals surface area contributed by atoms with Gasteiger partial charge in [-0.2, -0.15) is 11.8 Å². The summed E-state index contributed by atoms with van der Waals surface area (Å²) in [5.41, 5.74) is 3.08. The molecule has 1 heterocycles. The van der Waals surface area contributed by atoms with Crippen LogP contribution < -0.4 is 5.32 Å². The first-order chi connectivity index (χ1) is 9.83. The molecule has 0 bridgehead atoms. The molecule has 0 saturated heterocycles. The zero-order valence-corrected chi connectivity index (χ0v) is 13.4. The van der Waals surface area contributed by atoms with Crippen molar-refractivity contribution in [3.05, 3.63) is 35.4 Å². The smallest absolute Gasteiger partial charge is 0.0415 e. The average molecular weight is 289 g/mol. The fourth-order valence-corrected chi connectivity index (χ4v) is 4.97. The van der Waals surface area contributed by atoms with E-state index in [4.69, 9.17) is 0 Å². The molecule has 1 aliphatic heterocycles. The van der Waals surface area contributed by atoms with Gasteiger partial charge in [-0.25, -0.2) is 0 Å². The van der Waals surface area contributed by atoms with Crippen molar-refractivity contribution in [3.8, 4) is 0 Å². The van der Waals surface area contributed by atoms with E-state index in [9.17, 15) is 0 Å². The molecule has 1 aromatic carbocycles. The summed E-state index contributed by atoms with van der Waals surface area (Å²) in [7, 11) is 0. The molecular weight excluding hydrogens is 262 g/mol. The zero-order valence-electron chi connectivity index (χ0n) is 12.6. The van der Waals surface area contributed by atoms with E-state index in [2.05, 4.69) is 48.3 Å². The van der Waals surface area contributed by atoms with E-state index in [-0.39, 0.29) is 0 Å². The van der Waals surface area contributed by atoms with Crippen LogP contribution in [0.5, 0.6) is 0 Å². The maximum absolute atomic E-state index is 3.82. The Morgan fingerprint density at radius 1 is 1.25 bits per heavy atom. The second kappa shape index (κ2) is 7.00. The highest BCUT2D eigenvalue weighted by Crippen LogP contribution is 2.33. The Kier molecular flexibility index (Phi) is 5.06. The van der Waals surface area contributed by atoms with Crippen LogP contribution in [0.3, 0.4) is 0 Å². The van der Waals surface area contributed by atoms with Crippen molar-refractivity contribution >= 4 is 11.8 Å². The second-order valence-corrected chi connectivity index (χ2v) is 7.68. The van der Waals surface area contributed by atoms with Crippen LogP contribution in [0.2, 0.25) is 0 Å². The van der Waals surface area contributed by atoms with Gasteiger partial charge >= 0.3 is 0 Å². The highest BCUT2D eigenvalue weighted by atomic mass is 32.2. The van der Waals surface area contributed by atoms with Crippen LogP contribution in [0.25, 0.3) is 0 Å². The lowest BCUT2D eigenvalue weighted by atomic mass is 9.81. The Morgan fingerprint density at radius 3 is 3.05 bits per heavy atom.